The van der Waals surface area contributed by atoms with E-state index in [4.69, 9.17) is 0 Å². The van der Waals surface area contributed by atoms with Crippen LogP contribution in [0.25, 0.3) is 27.5 Å². The predicted octanol–water partition coefficient (Wildman–Crippen LogP) is 17.2. The Kier molecular flexibility index (Phi) is 11.0. The van der Waals surface area contributed by atoms with E-state index in [9.17, 15) is 0 Å². The number of fused-ring (bicyclic) bond motifs is 6. The van der Waals surface area contributed by atoms with Gasteiger partial charge in [0.1, 0.15) is 0 Å². The normalized spacial score (nSPS) is 15.3. The summed E-state index contributed by atoms with van der Waals surface area (Å²) in [7, 11) is 0. The number of nitrogens with zero attached hydrogens (tertiary/aromatic N) is 4. The maximum absolute atomic E-state index is 2.56. The van der Waals surface area contributed by atoms with E-state index in [1.165, 1.54) is 80.3 Å². The van der Waals surface area contributed by atoms with Crippen molar-refractivity contribution >= 4 is 67.3 Å². The highest BCUT2D eigenvalue weighted by Crippen LogP contribution is 2.50. The molecule has 1 aliphatic heterocycles. The Morgan fingerprint density at radius 2 is 1.05 bits per heavy atom. The zero-order valence-electron chi connectivity index (χ0n) is 38.7. The molecule has 0 bridgehead atoms. The summed E-state index contributed by atoms with van der Waals surface area (Å²) in [5.74, 6) is 0.526. The molecule has 0 N–H and O–H groups in total. The van der Waals surface area contributed by atoms with Gasteiger partial charge in [0, 0.05) is 67.9 Å². The number of aromatic nitrogens is 1. The highest BCUT2D eigenvalue weighted by atomic mass is 15.2. The molecule has 0 radical (unpaired) electrons. The number of rotatable bonds is 12. The molecular weight excluding hydrogens is 801 g/mol. The van der Waals surface area contributed by atoms with Crippen molar-refractivity contribution in [1.29, 1.82) is 0 Å². The lowest BCUT2D eigenvalue weighted by molar-refractivity contribution is 0.572. The minimum atomic E-state index is 0.344. The molecule has 2 unspecified atom stereocenters. The Balaban J connectivity index is 0.963. The van der Waals surface area contributed by atoms with Crippen molar-refractivity contribution < 1.29 is 0 Å². The van der Waals surface area contributed by atoms with E-state index < -0.39 is 0 Å². The van der Waals surface area contributed by atoms with E-state index >= 15 is 0 Å². The second-order valence-electron chi connectivity index (χ2n) is 18.4. The molecule has 0 saturated carbocycles. The lowest BCUT2D eigenvalue weighted by Crippen LogP contribution is -2.29. The van der Waals surface area contributed by atoms with Gasteiger partial charge in [-0.2, -0.15) is 0 Å². The first-order valence-electron chi connectivity index (χ1n) is 24.1. The van der Waals surface area contributed by atoms with Gasteiger partial charge < -0.3 is 19.3 Å². The third-order valence-corrected chi connectivity index (χ3v) is 14.1. The molecule has 0 amide bonds. The minimum Gasteiger partial charge on any atom is -0.334 e. The first-order valence-corrected chi connectivity index (χ1v) is 24.1. The predicted molar refractivity (Wildman–Crippen MR) is 281 cm³/mol. The Morgan fingerprint density at radius 1 is 0.515 bits per heavy atom. The van der Waals surface area contributed by atoms with Crippen molar-refractivity contribution in [1.82, 2.24) is 4.57 Å². The smallest absolute Gasteiger partial charge is 0.0591 e. The molecule has 326 valence electrons. The summed E-state index contributed by atoms with van der Waals surface area (Å²) in [4.78, 5) is 7.35. The van der Waals surface area contributed by atoms with E-state index in [-0.39, 0.29) is 0 Å². The molecule has 11 rings (SSSR count). The van der Waals surface area contributed by atoms with Crippen LogP contribution in [-0.4, -0.2) is 10.6 Å². The van der Waals surface area contributed by atoms with Crippen LogP contribution in [-0.2, 0) is 12.8 Å². The van der Waals surface area contributed by atoms with Crippen molar-refractivity contribution in [3.05, 3.63) is 222 Å². The molecule has 8 aromatic carbocycles. The standard InChI is InChI=1S/C62H58N4/c1-5-7-12-46-21-25-48(26-22-46)64(52-33-37-54(38-34-52)66-60-16-11-9-14-56(60)58-42-44(4)18-40-62(58)66)50-29-27-49(28-30-50)63(47-23-19-45(6-2)20-24-47)51-31-35-53(36-32-51)65-59-15-10-8-13-55(59)57-41-43(3)17-39-61(57)65/h9-11,14-42,55,59H,5-8,12-13H2,1-4H3. The highest BCUT2D eigenvalue weighted by Gasteiger charge is 2.38. The van der Waals surface area contributed by atoms with E-state index in [0.717, 1.165) is 59.1 Å². The summed E-state index contributed by atoms with van der Waals surface area (Å²) in [6.45, 7) is 8.87. The van der Waals surface area contributed by atoms with Gasteiger partial charge in [0.2, 0.25) is 0 Å². The lowest BCUT2D eigenvalue weighted by Gasteiger charge is -2.31. The van der Waals surface area contributed by atoms with Crippen LogP contribution in [0.15, 0.2) is 194 Å². The number of hydrogen-bond acceptors (Lipinski definition) is 3. The van der Waals surface area contributed by atoms with Crippen molar-refractivity contribution in [3.8, 4) is 5.69 Å². The van der Waals surface area contributed by atoms with E-state index in [0.29, 0.717) is 12.0 Å². The summed E-state index contributed by atoms with van der Waals surface area (Å²) in [5.41, 5.74) is 19.7. The molecule has 2 aliphatic rings. The largest absolute Gasteiger partial charge is 0.334 e. The quantitative estimate of drug-likeness (QED) is 0.114. The number of anilines is 8. The third-order valence-electron chi connectivity index (χ3n) is 14.1. The van der Waals surface area contributed by atoms with Gasteiger partial charge in [0.05, 0.1) is 17.1 Å². The molecule has 0 saturated heterocycles. The minimum absolute atomic E-state index is 0.344. The molecule has 4 nitrogen and oxygen atoms in total. The molecule has 0 spiro atoms. The monoisotopic (exact) mass is 858 g/mol. The average molecular weight is 859 g/mol. The average Bonchev–Trinajstić information content (AvgIpc) is 3.87. The van der Waals surface area contributed by atoms with Crippen LogP contribution in [0.2, 0.25) is 0 Å². The lowest BCUT2D eigenvalue weighted by atomic mass is 9.86. The first kappa shape index (κ1) is 41.4. The molecule has 66 heavy (non-hydrogen) atoms. The van der Waals surface area contributed by atoms with Crippen LogP contribution in [0.1, 0.15) is 73.3 Å². The fourth-order valence-electron chi connectivity index (χ4n) is 10.7. The van der Waals surface area contributed by atoms with Gasteiger partial charge in [-0.1, -0.05) is 104 Å². The topological polar surface area (TPSA) is 14.7 Å². The third kappa shape index (κ3) is 7.54. The van der Waals surface area contributed by atoms with Crippen molar-refractivity contribution in [2.75, 3.05) is 14.7 Å². The molecule has 1 aliphatic carbocycles. The van der Waals surface area contributed by atoms with Crippen molar-refractivity contribution in [2.24, 2.45) is 0 Å². The van der Waals surface area contributed by atoms with E-state index in [1.807, 2.05) is 0 Å². The Morgan fingerprint density at radius 3 is 1.67 bits per heavy atom. The molecule has 1 aromatic heterocycles. The van der Waals surface area contributed by atoms with Crippen molar-refractivity contribution in [3.63, 3.8) is 0 Å². The highest BCUT2D eigenvalue weighted by molar-refractivity contribution is 6.09. The first-order chi connectivity index (χ1) is 32.4. The maximum Gasteiger partial charge on any atom is 0.0591 e. The zero-order chi connectivity index (χ0) is 44.7. The van der Waals surface area contributed by atoms with Gasteiger partial charge in [-0.05, 0) is 184 Å². The van der Waals surface area contributed by atoms with Gasteiger partial charge in [-0.25, -0.2) is 0 Å². The molecule has 2 heterocycles. The van der Waals surface area contributed by atoms with E-state index in [2.05, 4.69) is 241 Å². The number of allylic oxidation sites excluding steroid dienone is 1. The van der Waals surface area contributed by atoms with Crippen LogP contribution in [0.5, 0.6) is 0 Å². The van der Waals surface area contributed by atoms with Gasteiger partial charge in [0.15, 0.2) is 0 Å². The number of benzene rings is 8. The second kappa shape index (κ2) is 17.6. The molecular formula is C62H58N4. The molecule has 9 aromatic rings. The number of para-hydroxylation sites is 1. The maximum atomic E-state index is 2.56. The van der Waals surface area contributed by atoms with Gasteiger partial charge >= 0.3 is 0 Å². The van der Waals surface area contributed by atoms with Crippen LogP contribution >= 0.6 is 0 Å². The van der Waals surface area contributed by atoms with Gasteiger partial charge in [-0.3, -0.25) is 0 Å². The van der Waals surface area contributed by atoms with Crippen LogP contribution in [0.3, 0.4) is 0 Å². The summed E-state index contributed by atoms with van der Waals surface area (Å²) in [5, 5.41) is 2.56. The Bertz CT molecular complexity index is 3180. The second-order valence-corrected chi connectivity index (χ2v) is 18.4. The number of hydrogen-bond donors (Lipinski definition) is 0. The molecule has 2 atom stereocenters. The van der Waals surface area contributed by atoms with Crippen LogP contribution in [0, 0.1) is 13.8 Å². The number of aryl methyl sites for hydroxylation is 4. The summed E-state index contributed by atoms with van der Waals surface area (Å²) < 4.78 is 2.40. The van der Waals surface area contributed by atoms with Gasteiger partial charge in [-0.15, -0.1) is 0 Å². The summed E-state index contributed by atoms with van der Waals surface area (Å²) in [6, 6.07) is 68.6. The van der Waals surface area contributed by atoms with Crippen LogP contribution < -0.4 is 14.7 Å². The summed E-state index contributed by atoms with van der Waals surface area (Å²) in [6.07, 6.45) is 11.6. The zero-order valence-corrected chi connectivity index (χ0v) is 38.7. The van der Waals surface area contributed by atoms with Crippen LogP contribution in [0.4, 0.5) is 45.5 Å². The molecule has 0 fully saturated rings. The Labute approximate surface area is 390 Å². The van der Waals surface area contributed by atoms with Gasteiger partial charge in [0.25, 0.3) is 0 Å². The SMILES string of the molecule is CCCCc1ccc(N(c2ccc(N(c3ccc(CC)cc3)c3ccc(N4c5ccc(C)cc5C5CCC=CC54)cc3)cc2)c2ccc(-n3c4ccccc4c4cc(C)ccc43)cc2)cc1. The fraction of sp³-hybridized carbons (Fsp3) is 0.194. The number of unbranched alkanes of at least 4 members (excludes halogenated alkanes) is 1. The molecule has 4 heteroatoms. The van der Waals surface area contributed by atoms with Crippen molar-refractivity contribution in [2.45, 2.75) is 78.2 Å². The van der Waals surface area contributed by atoms with E-state index in [1.54, 1.807) is 0 Å². The Hall–Kier alpha value is -7.30. The fourth-order valence-corrected chi connectivity index (χ4v) is 10.7. The summed E-state index contributed by atoms with van der Waals surface area (Å²) >= 11 is 0.